The van der Waals surface area contributed by atoms with E-state index in [1.165, 1.54) is 0 Å². The van der Waals surface area contributed by atoms with Gasteiger partial charge in [0.05, 0.1) is 18.7 Å². The molecule has 0 bridgehead atoms. The smallest absolute Gasteiger partial charge is 0.202 e. The Bertz CT molecular complexity index is 671. The second-order valence-electron chi connectivity index (χ2n) is 4.49. The van der Waals surface area contributed by atoms with Crippen molar-refractivity contribution >= 4 is 5.78 Å². The van der Waals surface area contributed by atoms with E-state index in [2.05, 4.69) is 0 Å². The lowest BCUT2D eigenvalue weighted by atomic mass is 10.1. The normalized spacial score (nSPS) is 11.3. The molecule has 0 saturated carbocycles. The molecule has 2 aromatic rings. The van der Waals surface area contributed by atoms with Crippen molar-refractivity contribution in [2.45, 2.75) is 13.0 Å². The van der Waals surface area contributed by atoms with E-state index in [1.54, 1.807) is 62.6 Å². The molecule has 1 atom stereocenters. The highest BCUT2D eigenvalue weighted by atomic mass is 16.5. The fourth-order valence-electron chi connectivity index (χ4n) is 1.89. The summed E-state index contributed by atoms with van der Waals surface area (Å²) in [6.45, 7) is 1.69. The van der Waals surface area contributed by atoms with Crippen molar-refractivity contribution in [1.29, 1.82) is 5.26 Å². The molecule has 0 aromatic heterocycles. The van der Waals surface area contributed by atoms with Crippen LogP contribution >= 0.6 is 0 Å². The Morgan fingerprint density at radius 1 is 1.14 bits per heavy atom. The number of benzene rings is 2. The number of nitriles is 1. The topological polar surface area (TPSA) is 59.3 Å². The van der Waals surface area contributed by atoms with Gasteiger partial charge in [0.1, 0.15) is 11.5 Å². The lowest BCUT2D eigenvalue weighted by Crippen LogP contribution is -2.23. The lowest BCUT2D eigenvalue weighted by Gasteiger charge is -2.14. The summed E-state index contributed by atoms with van der Waals surface area (Å²) < 4.78 is 10.7. The van der Waals surface area contributed by atoms with Crippen LogP contribution in [0.5, 0.6) is 11.5 Å². The van der Waals surface area contributed by atoms with Crippen LogP contribution in [0.1, 0.15) is 22.8 Å². The van der Waals surface area contributed by atoms with Crippen molar-refractivity contribution < 1.29 is 14.3 Å². The summed E-state index contributed by atoms with van der Waals surface area (Å²) in [7, 11) is 1.57. The molecule has 0 fully saturated rings. The molecule has 2 rings (SSSR count). The number of methoxy groups -OCH3 is 1. The third-order valence-electron chi connectivity index (χ3n) is 3.02. The van der Waals surface area contributed by atoms with Gasteiger partial charge in [0, 0.05) is 5.56 Å². The highest BCUT2D eigenvalue weighted by Crippen LogP contribution is 2.17. The van der Waals surface area contributed by atoms with Crippen molar-refractivity contribution in [3.63, 3.8) is 0 Å². The van der Waals surface area contributed by atoms with Crippen LogP contribution in [0.15, 0.2) is 48.5 Å². The molecule has 4 heteroatoms. The van der Waals surface area contributed by atoms with Gasteiger partial charge in [-0.05, 0) is 49.4 Å². The molecule has 4 nitrogen and oxygen atoms in total. The Labute approximate surface area is 123 Å². The summed E-state index contributed by atoms with van der Waals surface area (Å²) in [6.07, 6.45) is -0.632. The van der Waals surface area contributed by atoms with Crippen molar-refractivity contribution in [1.82, 2.24) is 0 Å². The van der Waals surface area contributed by atoms with Crippen molar-refractivity contribution in [2.24, 2.45) is 0 Å². The predicted octanol–water partition coefficient (Wildman–Crippen LogP) is 3.22. The monoisotopic (exact) mass is 281 g/mol. The van der Waals surface area contributed by atoms with Crippen molar-refractivity contribution in [3.8, 4) is 17.6 Å². The van der Waals surface area contributed by atoms with E-state index in [0.717, 1.165) is 0 Å². The number of nitrogens with zero attached hydrogens (tertiary/aromatic N) is 1. The first kappa shape index (κ1) is 14.6. The molecule has 0 aliphatic heterocycles. The van der Waals surface area contributed by atoms with Crippen LogP contribution in [0, 0.1) is 11.3 Å². The second-order valence-corrected chi connectivity index (χ2v) is 4.49. The minimum absolute atomic E-state index is 0.125. The molecule has 0 unspecified atom stereocenters. The standard InChI is InChI=1S/C17H15NO3/c1-12(21-16-5-3-4-13(10-16)11-18)17(19)14-6-8-15(20-2)9-7-14/h3-10,12H,1-2H3/t12-/m0/s1. The Hall–Kier alpha value is -2.80. The van der Waals surface area contributed by atoms with Gasteiger partial charge in [0.2, 0.25) is 5.78 Å². The van der Waals surface area contributed by atoms with Crippen LogP contribution in [0.25, 0.3) is 0 Å². The third kappa shape index (κ3) is 3.61. The fourth-order valence-corrected chi connectivity index (χ4v) is 1.89. The van der Waals surface area contributed by atoms with E-state index in [-0.39, 0.29) is 5.78 Å². The number of hydrogen-bond acceptors (Lipinski definition) is 4. The predicted molar refractivity (Wildman–Crippen MR) is 78.6 cm³/mol. The largest absolute Gasteiger partial charge is 0.497 e. The minimum Gasteiger partial charge on any atom is -0.497 e. The first-order valence-electron chi connectivity index (χ1n) is 6.49. The van der Waals surface area contributed by atoms with E-state index >= 15 is 0 Å². The molecule has 0 N–H and O–H groups in total. The summed E-state index contributed by atoms with van der Waals surface area (Å²) in [4.78, 5) is 12.3. The van der Waals surface area contributed by atoms with Gasteiger partial charge in [-0.3, -0.25) is 4.79 Å². The third-order valence-corrected chi connectivity index (χ3v) is 3.02. The molecular formula is C17H15NO3. The quantitative estimate of drug-likeness (QED) is 0.789. The van der Waals surface area contributed by atoms with Crippen molar-refractivity contribution in [2.75, 3.05) is 7.11 Å². The number of ether oxygens (including phenoxy) is 2. The maximum Gasteiger partial charge on any atom is 0.202 e. The molecule has 0 aliphatic rings. The minimum atomic E-state index is -0.632. The van der Waals surface area contributed by atoms with Crippen LogP contribution in [-0.2, 0) is 0 Å². The van der Waals surface area contributed by atoms with Crippen LogP contribution in [0.2, 0.25) is 0 Å². The van der Waals surface area contributed by atoms with Gasteiger partial charge in [-0.25, -0.2) is 0 Å². The molecule has 0 heterocycles. The number of hydrogen-bond donors (Lipinski definition) is 0. The SMILES string of the molecule is COc1ccc(C(=O)[C@H](C)Oc2cccc(C#N)c2)cc1. The van der Waals surface area contributed by atoms with E-state index < -0.39 is 6.10 Å². The van der Waals surface area contributed by atoms with E-state index in [9.17, 15) is 4.79 Å². The van der Waals surface area contributed by atoms with Crippen molar-refractivity contribution in [3.05, 3.63) is 59.7 Å². The zero-order valence-corrected chi connectivity index (χ0v) is 11.9. The number of carbonyl (C=O) groups excluding carboxylic acids is 1. The van der Waals surface area contributed by atoms with Gasteiger partial charge < -0.3 is 9.47 Å². The number of Topliss-reactive ketones (excluding diaryl/α,β-unsaturated/α-hetero) is 1. The molecule has 106 valence electrons. The van der Waals surface area contributed by atoms with Crippen LogP contribution < -0.4 is 9.47 Å². The van der Waals surface area contributed by atoms with E-state index in [4.69, 9.17) is 14.7 Å². The van der Waals surface area contributed by atoms with Gasteiger partial charge in [0.25, 0.3) is 0 Å². The molecule has 21 heavy (non-hydrogen) atoms. The van der Waals surface area contributed by atoms with Crippen LogP contribution in [0.4, 0.5) is 0 Å². The highest BCUT2D eigenvalue weighted by molar-refractivity contribution is 5.99. The molecule has 0 saturated heterocycles. The van der Waals surface area contributed by atoms with Gasteiger partial charge in [0.15, 0.2) is 6.10 Å². The second kappa shape index (κ2) is 6.58. The fraction of sp³-hybridized carbons (Fsp3) is 0.176. The zero-order chi connectivity index (χ0) is 15.2. The van der Waals surface area contributed by atoms with Gasteiger partial charge in [-0.15, -0.1) is 0 Å². The summed E-state index contributed by atoms with van der Waals surface area (Å²) in [6, 6.07) is 15.6. The Morgan fingerprint density at radius 2 is 1.86 bits per heavy atom. The van der Waals surface area contributed by atoms with Gasteiger partial charge in [-0.1, -0.05) is 6.07 Å². The zero-order valence-electron chi connectivity index (χ0n) is 11.9. The summed E-state index contributed by atoms with van der Waals surface area (Å²) in [5, 5.41) is 8.85. The average molecular weight is 281 g/mol. The van der Waals surface area contributed by atoms with E-state index in [0.29, 0.717) is 22.6 Å². The van der Waals surface area contributed by atoms with Crippen LogP contribution in [-0.4, -0.2) is 19.0 Å². The first-order valence-corrected chi connectivity index (χ1v) is 6.49. The summed E-state index contributed by atoms with van der Waals surface area (Å²) in [5.41, 5.74) is 1.05. The molecular weight excluding hydrogens is 266 g/mol. The Kier molecular flexibility index (Phi) is 4.57. The maximum atomic E-state index is 12.3. The summed E-state index contributed by atoms with van der Waals surface area (Å²) >= 11 is 0. The molecule has 0 amide bonds. The van der Waals surface area contributed by atoms with Gasteiger partial charge >= 0.3 is 0 Å². The number of rotatable bonds is 5. The molecule has 2 aromatic carbocycles. The lowest BCUT2D eigenvalue weighted by molar-refractivity contribution is 0.0818. The first-order chi connectivity index (χ1) is 10.1. The molecule has 0 radical (unpaired) electrons. The summed E-state index contributed by atoms with van der Waals surface area (Å²) in [5.74, 6) is 1.07. The number of ketones is 1. The van der Waals surface area contributed by atoms with E-state index in [1.807, 2.05) is 6.07 Å². The Morgan fingerprint density at radius 3 is 2.48 bits per heavy atom. The molecule has 0 aliphatic carbocycles. The maximum absolute atomic E-state index is 12.3. The highest BCUT2D eigenvalue weighted by Gasteiger charge is 2.17. The number of carbonyl (C=O) groups is 1. The Balaban J connectivity index is 2.09. The average Bonchev–Trinajstić information content (AvgIpc) is 2.54. The molecule has 0 spiro atoms. The van der Waals surface area contributed by atoms with Gasteiger partial charge in [-0.2, -0.15) is 5.26 Å². The van der Waals surface area contributed by atoms with Crippen LogP contribution in [0.3, 0.4) is 0 Å².